The van der Waals surface area contributed by atoms with Crippen LogP contribution in [-0.2, 0) is 40.8 Å². The highest BCUT2D eigenvalue weighted by Gasteiger charge is 2.29. The van der Waals surface area contributed by atoms with Crippen LogP contribution in [0.1, 0.15) is 52.5 Å². The number of benzene rings is 2. The molecule has 10 nitrogen and oxygen atoms in total. The third kappa shape index (κ3) is 6.80. The van der Waals surface area contributed by atoms with Gasteiger partial charge in [-0.3, -0.25) is 19.0 Å². The number of nitrogens with zero attached hydrogens (tertiary/aromatic N) is 3. The number of aryl methyl sites for hydroxylation is 1. The zero-order valence-corrected chi connectivity index (χ0v) is 26.0. The molecule has 3 heterocycles. The molecule has 0 bridgehead atoms. The molecule has 1 amide bonds. The van der Waals surface area contributed by atoms with E-state index in [0.717, 1.165) is 10.6 Å². The first-order valence-corrected chi connectivity index (χ1v) is 15.3. The quantitative estimate of drug-likeness (QED) is 0.362. The number of hydrogen-bond acceptors (Lipinski definition) is 7. The Bertz CT molecular complexity index is 1710. The number of ether oxygens (including phenoxy) is 2. The zero-order valence-electron chi connectivity index (χ0n) is 26.0. The van der Waals surface area contributed by atoms with Crippen LogP contribution >= 0.6 is 0 Å². The molecule has 0 spiro atoms. The Morgan fingerprint density at radius 1 is 1.07 bits per heavy atom. The number of halogens is 3. The van der Waals surface area contributed by atoms with Gasteiger partial charge in [0.25, 0.3) is 11.5 Å². The van der Waals surface area contributed by atoms with Crippen LogP contribution in [0.4, 0.5) is 18.9 Å². The monoisotopic (exact) mass is 642 g/mol. The van der Waals surface area contributed by atoms with Gasteiger partial charge in [-0.25, -0.2) is 22.5 Å². The van der Waals surface area contributed by atoms with Gasteiger partial charge < -0.3 is 19.7 Å². The number of carbonyl (C=O) groups excluding carboxylic acids is 2. The molecule has 1 aromatic heterocycles. The van der Waals surface area contributed by atoms with Crippen molar-refractivity contribution in [1.29, 1.82) is 0 Å². The van der Waals surface area contributed by atoms with Crippen molar-refractivity contribution >= 4 is 17.4 Å². The lowest BCUT2D eigenvalue weighted by molar-refractivity contribution is -0.120. The molecule has 2 aliphatic rings. The summed E-state index contributed by atoms with van der Waals surface area (Å²) < 4.78 is 55.1. The molecular formula is C33H37F3N4O6. The molecule has 2 aromatic carbocycles. The summed E-state index contributed by atoms with van der Waals surface area (Å²) in [5.74, 6) is -1.87. The summed E-state index contributed by atoms with van der Waals surface area (Å²) >= 11 is 0. The smallest absolute Gasteiger partial charge is 0.335 e. The molecular weight excluding hydrogens is 605 g/mol. The number of amides is 1. The average Bonchev–Trinajstić information content (AvgIpc) is 3.03. The predicted molar refractivity (Wildman–Crippen MR) is 165 cm³/mol. The maximum absolute atomic E-state index is 15.5. The highest BCUT2D eigenvalue weighted by Crippen LogP contribution is 2.28. The van der Waals surface area contributed by atoms with Gasteiger partial charge in [0, 0.05) is 44.2 Å². The van der Waals surface area contributed by atoms with E-state index < -0.39 is 47.9 Å². The summed E-state index contributed by atoms with van der Waals surface area (Å²) in [5.41, 5.74) is 1.59. The third-order valence-corrected chi connectivity index (χ3v) is 8.61. The second kappa shape index (κ2) is 14.0. The molecule has 5 rings (SSSR count). The maximum atomic E-state index is 15.5. The third-order valence-electron chi connectivity index (χ3n) is 8.61. The lowest BCUT2D eigenvalue weighted by atomic mass is 9.99. The summed E-state index contributed by atoms with van der Waals surface area (Å²) in [6.07, 6.45) is -2.30. The van der Waals surface area contributed by atoms with E-state index >= 15 is 4.39 Å². The minimum Gasteiger partial charge on any atom is -0.377 e. The molecule has 13 heteroatoms. The van der Waals surface area contributed by atoms with Crippen molar-refractivity contribution in [2.24, 2.45) is 7.05 Å². The van der Waals surface area contributed by atoms with E-state index in [1.165, 1.54) is 4.57 Å². The van der Waals surface area contributed by atoms with Gasteiger partial charge in [-0.05, 0) is 48.7 Å². The minimum absolute atomic E-state index is 0.0880. The standard InChI is InChI=1S/C33H37F3N4O6/c1-4-28(41)26(14-20-5-7-21(8-6-20)40-32(43)24-18-45-11-9-27(24)38(3)33(40)44)37-31(42)30-19(2)13-22(15-25(30)34)39-10-12-46-17-23(39)16-29(35)36/h5-8,13,15,23,26,29H,4,9-12,14,16-18H2,1-3H3,(H,37,42)/t23-,26-/m0/s1. The van der Waals surface area contributed by atoms with E-state index in [-0.39, 0.29) is 37.4 Å². The Labute approximate surface area is 263 Å². The Kier molecular flexibility index (Phi) is 10.1. The van der Waals surface area contributed by atoms with Crippen LogP contribution in [0.25, 0.3) is 5.69 Å². The van der Waals surface area contributed by atoms with Gasteiger partial charge in [-0.2, -0.15) is 0 Å². The van der Waals surface area contributed by atoms with Gasteiger partial charge in [0.1, 0.15) is 5.82 Å². The molecule has 0 radical (unpaired) electrons. The maximum Gasteiger partial charge on any atom is 0.335 e. The summed E-state index contributed by atoms with van der Waals surface area (Å²) in [6.45, 7) is 4.46. The van der Waals surface area contributed by atoms with Crippen LogP contribution in [0, 0.1) is 12.7 Å². The summed E-state index contributed by atoms with van der Waals surface area (Å²) in [4.78, 5) is 54.1. The number of alkyl halides is 2. The Morgan fingerprint density at radius 2 is 1.80 bits per heavy atom. The van der Waals surface area contributed by atoms with E-state index in [4.69, 9.17) is 9.47 Å². The number of morpholine rings is 1. The lowest BCUT2D eigenvalue weighted by Gasteiger charge is -2.37. The van der Waals surface area contributed by atoms with E-state index in [2.05, 4.69) is 5.32 Å². The van der Waals surface area contributed by atoms with E-state index in [1.807, 2.05) is 0 Å². The number of aromatic nitrogens is 2. The molecule has 46 heavy (non-hydrogen) atoms. The molecule has 1 fully saturated rings. The minimum atomic E-state index is -2.55. The highest BCUT2D eigenvalue weighted by molar-refractivity contribution is 5.99. The van der Waals surface area contributed by atoms with Crippen molar-refractivity contribution in [1.82, 2.24) is 14.5 Å². The normalized spacial score (nSPS) is 17.1. The fourth-order valence-electron chi connectivity index (χ4n) is 6.16. The van der Waals surface area contributed by atoms with Crippen molar-refractivity contribution in [3.63, 3.8) is 0 Å². The number of ketones is 1. The summed E-state index contributed by atoms with van der Waals surface area (Å²) in [7, 11) is 1.62. The first kappa shape index (κ1) is 33.1. The molecule has 0 unspecified atom stereocenters. The van der Waals surface area contributed by atoms with Gasteiger partial charge in [-0.1, -0.05) is 19.1 Å². The second-order valence-electron chi connectivity index (χ2n) is 11.6. The highest BCUT2D eigenvalue weighted by atomic mass is 19.3. The van der Waals surface area contributed by atoms with Gasteiger partial charge >= 0.3 is 5.69 Å². The van der Waals surface area contributed by atoms with E-state index in [1.54, 1.807) is 56.1 Å². The van der Waals surface area contributed by atoms with Crippen molar-refractivity contribution in [2.45, 2.75) is 64.6 Å². The van der Waals surface area contributed by atoms with E-state index in [9.17, 15) is 28.0 Å². The molecule has 246 valence electrons. The first-order valence-electron chi connectivity index (χ1n) is 15.3. The van der Waals surface area contributed by atoms with E-state index in [0.29, 0.717) is 59.9 Å². The Hall–Kier alpha value is -4.23. The van der Waals surface area contributed by atoms with Gasteiger partial charge in [-0.15, -0.1) is 0 Å². The summed E-state index contributed by atoms with van der Waals surface area (Å²) in [6, 6.07) is 7.64. The van der Waals surface area contributed by atoms with Crippen molar-refractivity contribution in [2.75, 3.05) is 31.3 Å². The second-order valence-corrected chi connectivity index (χ2v) is 11.6. The molecule has 2 aliphatic heterocycles. The van der Waals surface area contributed by atoms with Crippen LogP contribution in [0.15, 0.2) is 46.0 Å². The SMILES string of the molecule is CCC(=O)[C@H](Cc1ccc(-n2c(=O)c3c(n(C)c2=O)CCOC3)cc1)NC(=O)c1c(C)cc(N2CCOC[C@@H]2CC(F)F)cc1F. The molecule has 0 aliphatic carbocycles. The Morgan fingerprint density at radius 3 is 2.48 bits per heavy atom. The number of carbonyl (C=O) groups is 2. The van der Waals surface area contributed by atoms with Crippen LogP contribution in [0.5, 0.6) is 0 Å². The molecule has 1 N–H and O–H groups in total. The molecule has 1 saturated heterocycles. The number of nitrogens with one attached hydrogen (secondary N) is 1. The molecule has 0 saturated carbocycles. The first-order chi connectivity index (χ1) is 22.0. The van der Waals surface area contributed by atoms with Gasteiger partial charge in [0.05, 0.1) is 55.3 Å². The number of anilines is 1. The van der Waals surface area contributed by atoms with Crippen molar-refractivity contribution in [3.05, 3.63) is 91.0 Å². The number of Topliss-reactive ketones (excluding diaryl/α,β-unsaturated/α-hetero) is 1. The average molecular weight is 643 g/mol. The van der Waals surface area contributed by atoms with Crippen LogP contribution in [0.3, 0.4) is 0 Å². The lowest BCUT2D eigenvalue weighted by Crippen LogP contribution is -2.46. The van der Waals surface area contributed by atoms with Crippen molar-refractivity contribution in [3.8, 4) is 5.69 Å². The topological polar surface area (TPSA) is 112 Å². The van der Waals surface area contributed by atoms with Crippen LogP contribution in [-0.4, -0.2) is 65.7 Å². The van der Waals surface area contributed by atoms with Gasteiger partial charge in [0.2, 0.25) is 6.43 Å². The largest absolute Gasteiger partial charge is 0.377 e. The van der Waals surface area contributed by atoms with Crippen LogP contribution in [0.2, 0.25) is 0 Å². The number of hydrogen-bond donors (Lipinski definition) is 1. The molecule has 3 aromatic rings. The van der Waals surface area contributed by atoms with Gasteiger partial charge in [0.15, 0.2) is 5.78 Å². The van der Waals surface area contributed by atoms with Crippen LogP contribution < -0.4 is 21.5 Å². The van der Waals surface area contributed by atoms with Crippen molar-refractivity contribution < 1.29 is 32.2 Å². The fraction of sp³-hybridized carbons (Fsp3) is 0.455. The summed E-state index contributed by atoms with van der Waals surface area (Å²) in [5, 5.41) is 2.67. The number of rotatable bonds is 10. The number of fused-ring (bicyclic) bond motifs is 1. The predicted octanol–water partition coefficient (Wildman–Crippen LogP) is 3.24. The Balaban J connectivity index is 1.35. The zero-order chi connectivity index (χ0) is 33.1. The molecule has 2 atom stereocenters. The fourth-order valence-corrected chi connectivity index (χ4v) is 6.16.